The zero-order chi connectivity index (χ0) is 27.6. The zero-order valence-corrected chi connectivity index (χ0v) is 22.8. The van der Waals surface area contributed by atoms with E-state index in [0.29, 0.717) is 27.6 Å². The minimum atomic E-state index is -4.11. The van der Waals surface area contributed by atoms with E-state index in [0.717, 1.165) is 9.89 Å². The van der Waals surface area contributed by atoms with Crippen LogP contribution in [0.25, 0.3) is 22.0 Å². The minimum absolute atomic E-state index is 0.0631. The second kappa shape index (κ2) is 13.6. The van der Waals surface area contributed by atoms with Crippen molar-refractivity contribution in [3.05, 3.63) is 90.1 Å². The molecule has 4 aromatic rings. The summed E-state index contributed by atoms with van der Waals surface area (Å²) < 4.78 is 41.6. The molecule has 0 atom stereocenters. The van der Waals surface area contributed by atoms with Gasteiger partial charge in [-0.3, -0.25) is 0 Å². The van der Waals surface area contributed by atoms with Gasteiger partial charge in [0.05, 0.1) is 17.0 Å². The van der Waals surface area contributed by atoms with Crippen LogP contribution in [0, 0.1) is 11.3 Å². The van der Waals surface area contributed by atoms with Gasteiger partial charge in [-0.1, -0.05) is 81.4 Å². The molecule has 0 radical (unpaired) electrons. The lowest BCUT2D eigenvalue weighted by atomic mass is 9.97. The molecular formula is C28H30N2O5S2. The Bertz CT molecular complexity index is 1460. The predicted molar refractivity (Wildman–Crippen MR) is 149 cm³/mol. The van der Waals surface area contributed by atoms with Crippen LogP contribution < -0.4 is 0 Å². The third-order valence-corrected chi connectivity index (χ3v) is 6.70. The van der Waals surface area contributed by atoms with Gasteiger partial charge in [0.15, 0.2) is 18.2 Å². The lowest BCUT2D eigenvalue weighted by molar-refractivity contribution is 0.0519. The van der Waals surface area contributed by atoms with Crippen LogP contribution in [-0.4, -0.2) is 35.4 Å². The molecule has 0 aliphatic carbocycles. The number of hydrogen-bond donors (Lipinski definition) is 1. The Morgan fingerprint density at radius 3 is 2.08 bits per heavy atom. The number of rotatable bonds is 6. The van der Waals surface area contributed by atoms with Crippen LogP contribution in [0.15, 0.2) is 83.8 Å². The summed E-state index contributed by atoms with van der Waals surface area (Å²) in [6, 6.07) is 22.0. The summed E-state index contributed by atoms with van der Waals surface area (Å²) in [5.74, 6) is 0.0907. The van der Waals surface area contributed by atoms with Gasteiger partial charge >= 0.3 is 5.97 Å². The molecule has 3 aromatic carbocycles. The molecule has 1 aromatic heterocycles. The van der Waals surface area contributed by atoms with E-state index in [9.17, 15) is 13.2 Å². The van der Waals surface area contributed by atoms with Crippen LogP contribution in [0.1, 0.15) is 43.7 Å². The summed E-state index contributed by atoms with van der Waals surface area (Å²) in [4.78, 5) is 13.2. The topological polar surface area (TPSA) is 106 Å². The highest BCUT2D eigenvalue weighted by atomic mass is 32.2. The van der Waals surface area contributed by atoms with E-state index in [1.54, 1.807) is 73.7 Å². The lowest BCUT2D eigenvalue weighted by Crippen LogP contribution is -2.20. The van der Waals surface area contributed by atoms with Crippen molar-refractivity contribution in [3.63, 3.8) is 0 Å². The van der Waals surface area contributed by atoms with Crippen molar-refractivity contribution in [1.29, 1.82) is 5.41 Å². The Labute approximate surface area is 223 Å². The van der Waals surface area contributed by atoms with Crippen molar-refractivity contribution in [1.82, 2.24) is 3.97 Å². The first-order valence-corrected chi connectivity index (χ1v) is 13.4. The quantitative estimate of drug-likeness (QED) is 0.237. The highest BCUT2D eigenvalue weighted by Gasteiger charge is 2.32. The van der Waals surface area contributed by atoms with Gasteiger partial charge in [-0.25, -0.2) is 17.2 Å². The second-order valence-electron chi connectivity index (χ2n) is 8.51. The molecule has 194 valence electrons. The Balaban J connectivity index is 0.000000733. The first-order chi connectivity index (χ1) is 17.7. The van der Waals surface area contributed by atoms with Crippen molar-refractivity contribution in [2.45, 2.75) is 32.6 Å². The molecule has 0 fully saturated rings. The smallest absolute Gasteiger partial charge is 0.356 e. The third kappa shape index (κ3) is 6.55. The maximum atomic E-state index is 13.7. The number of benzene rings is 3. The molecule has 0 saturated heterocycles. The first-order valence-electron chi connectivity index (χ1n) is 11.6. The molecule has 37 heavy (non-hydrogen) atoms. The van der Waals surface area contributed by atoms with Crippen LogP contribution >= 0.6 is 0 Å². The Hall–Kier alpha value is -3.69. The fraction of sp³-hybridized carbons (Fsp3) is 0.214. The lowest BCUT2D eigenvalue weighted by Gasteiger charge is -2.13. The van der Waals surface area contributed by atoms with E-state index in [1.807, 2.05) is 0 Å². The molecule has 0 spiro atoms. The van der Waals surface area contributed by atoms with Gasteiger partial charge in [-0.2, -0.15) is 4.21 Å². The fourth-order valence-corrected chi connectivity index (χ4v) is 5.20. The summed E-state index contributed by atoms with van der Waals surface area (Å²) >= 11 is 2.83. The van der Waals surface area contributed by atoms with Gasteiger partial charge < -0.3 is 10.1 Å². The molecule has 7 nitrogen and oxygen atoms in total. The average molecular weight is 539 g/mol. The van der Waals surface area contributed by atoms with Crippen molar-refractivity contribution in [2.24, 2.45) is 5.92 Å². The third-order valence-electron chi connectivity index (χ3n) is 4.97. The summed E-state index contributed by atoms with van der Waals surface area (Å²) in [6.45, 7) is 8.26. The van der Waals surface area contributed by atoms with E-state index in [-0.39, 0.29) is 17.2 Å². The van der Waals surface area contributed by atoms with Gasteiger partial charge in [-0.05, 0) is 42.2 Å². The zero-order valence-electron chi connectivity index (χ0n) is 21.2. The molecule has 0 bridgehead atoms. The van der Waals surface area contributed by atoms with E-state index in [2.05, 4.69) is 33.3 Å². The second-order valence-corrected chi connectivity index (χ2v) is 10.3. The molecule has 0 saturated carbocycles. The SMILES string of the molecule is CC(C)C.CCOC(=O)c1c(-c2ccccc2C=N)c2ccccc2n1S(=O)(=O)c1ccccc1.O=S. The Kier molecular flexibility index (Phi) is 10.8. The molecule has 1 heterocycles. The standard InChI is InChI=1S/C24H20N2O4S.C4H10.OS/c1-2-30-24(27)23-22(19-13-7-6-10-17(19)16-25)20-14-8-9-15-21(20)26(23)31(28,29)18-11-4-3-5-12-18;1-4(2)3;1-2/h3-16,25H,2H2,1H3;4H,1-3H3;. The molecule has 4 rings (SSSR count). The van der Waals surface area contributed by atoms with E-state index in [1.165, 1.54) is 18.3 Å². The predicted octanol–water partition coefficient (Wildman–Crippen LogP) is 6.05. The van der Waals surface area contributed by atoms with Gasteiger partial charge in [0, 0.05) is 17.2 Å². The van der Waals surface area contributed by atoms with Crippen molar-refractivity contribution < 1.29 is 22.2 Å². The van der Waals surface area contributed by atoms with Crippen molar-refractivity contribution in [3.8, 4) is 11.1 Å². The monoisotopic (exact) mass is 538 g/mol. The number of hydrogen-bond acceptors (Lipinski definition) is 7. The normalized spacial score (nSPS) is 10.6. The van der Waals surface area contributed by atoms with Crippen LogP contribution in [0.2, 0.25) is 0 Å². The van der Waals surface area contributed by atoms with Crippen molar-refractivity contribution in [2.75, 3.05) is 6.61 Å². The van der Waals surface area contributed by atoms with Gasteiger partial charge in [0.2, 0.25) is 0 Å². The summed E-state index contributed by atoms with van der Waals surface area (Å²) in [7, 11) is -4.11. The fourth-order valence-electron chi connectivity index (χ4n) is 3.67. The Morgan fingerprint density at radius 2 is 1.49 bits per heavy atom. The maximum Gasteiger partial charge on any atom is 0.356 e. The number of para-hydroxylation sites is 1. The first kappa shape index (κ1) is 29.5. The molecule has 0 unspecified atom stereocenters. The Morgan fingerprint density at radius 1 is 0.946 bits per heavy atom. The number of esters is 1. The number of aromatic nitrogens is 1. The molecular weight excluding hydrogens is 508 g/mol. The summed E-state index contributed by atoms with van der Waals surface area (Å²) in [5.41, 5.74) is 1.85. The molecule has 0 amide bonds. The number of carbonyl (C=O) groups excluding carboxylic acids is 1. The largest absolute Gasteiger partial charge is 0.461 e. The molecule has 0 aliphatic rings. The van der Waals surface area contributed by atoms with Crippen LogP contribution in [0.4, 0.5) is 0 Å². The van der Waals surface area contributed by atoms with Crippen LogP contribution in [0.3, 0.4) is 0 Å². The number of carbonyl (C=O) groups is 1. The summed E-state index contributed by atoms with van der Waals surface area (Å²) in [6.07, 6.45) is 1.18. The number of fused-ring (bicyclic) bond motifs is 1. The highest BCUT2D eigenvalue weighted by molar-refractivity contribution is 7.90. The van der Waals surface area contributed by atoms with E-state index >= 15 is 0 Å². The molecule has 9 heteroatoms. The minimum Gasteiger partial charge on any atom is -0.461 e. The van der Waals surface area contributed by atoms with Crippen LogP contribution in [-0.2, 0) is 27.3 Å². The van der Waals surface area contributed by atoms with Gasteiger partial charge in [-0.15, -0.1) is 0 Å². The van der Waals surface area contributed by atoms with E-state index < -0.39 is 16.0 Å². The number of nitrogens with one attached hydrogen (secondary N) is 1. The van der Waals surface area contributed by atoms with Gasteiger partial charge in [0.25, 0.3) is 10.0 Å². The van der Waals surface area contributed by atoms with Gasteiger partial charge in [0.1, 0.15) is 0 Å². The number of ether oxygens (including phenoxy) is 1. The highest BCUT2D eigenvalue weighted by Crippen LogP contribution is 2.39. The maximum absolute atomic E-state index is 13.7. The van der Waals surface area contributed by atoms with Crippen LogP contribution in [0.5, 0.6) is 0 Å². The number of nitrogens with zero attached hydrogens (tertiary/aromatic N) is 1. The van der Waals surface area contributed by atoms with Crippen molar-refractivity contribution >= 4 is 45.6 Å². The average Bonchev–Trinajstić information content (AvgIpc) is 3.26. The van der Waals surface area contributed by atoms with E-state index in [4.69, 9.17) is 14.4 Å². The molecule has 0 aliphatic heterocycles. The summed E-state index contributed by atoms with van der Waals surface area (Å²) in [5, 5.41) is 8.38. The molecule has 1 N–H and O–H groups in total.